The molecular formula is C15H20N2OS. The summed E-state index contributed by atoms with van der Waals surface area (Å²) in [5.74, 6) is 0.958. The first kappa shape index (κ1) is 14.0. The number of anilines is 1. The van der Waals surface area contributed by atoms with E-state index in [4.69, 9.17) is 0 Å². The fourth-order valence-electron chi connectivity index (χ4n) is 2.01. The van der Waals surface area contributed by atoms with Crippen molar-refractivity contribution in [2.75, 3.05) is 11.4 Å². The maximum absolute atomic E-state index is 9.35. The molecule has 2 heterocycles. The molecule has 2 rings (SSSR count). The molecule has 0 spiro atoms. The minimum Gasteiger partial charge on any atom is -0.392 e. The summed E-state index contributed by atoms with van der Waals surface area (Å²) >= 11 is 1.76. The van der Waals surface area contributed by atoms with Crippen molar-refractivity contribution in [1.29, 1.82) is 0 Å². The lowest BCUT2D eigenvalue weighted by Gasteiger charge is -2.22. The molecule has 0 saturated carbocycles. The molecule has 0 aliphatic carbocycles. The lowest BCUT2D eigenvalue weighted by Crippen LogP contribution is -2.23. The first-order valence-electron chi connectivity index (χ1n) is 6.64. The van der Waals surface area contributed by atoms with Crippen LogP contribution >= 0.6 is 11.3 Å². The van der Waals surface area contributed by atoms with E-state index in [0.29, 0.717) is 0 Å². The van der Waals surface area contributed by atoms with Crippen molar-refractivity contribution in [3.05, 3.63) is 45.8 Å². The van der Waals surface area contributed by atoms with Crippen molar-refractivity contribution < 1.29 is 5.11 Å². The summed E-state index contributed by atoms with van der Waals surface area (Å²) in [5.41, 5.74) is 1.97. The molecule has 0 amide bonds. The molecule has 0 aliphatic heterocycles. The molecule has 3 nitrogen and oxygen atoms in total. The summed E-state index contributed by atoms with van der Waals surface area (Å²) < 4.78 is 0. The summed E-state index contributed by atoms with van der Waals surface area (Å²) in [4.78, 5) is 8.24. The van der Waals surface area contributed by atoms with Crippen molar-refractivity contribution in [2.24, 2.45) is 0 Å². The Morgan fingerprint density at radius 2 is 2.16 bits per heavy atom. The second-order valence-corrected chi connectivity index (χ2v) is 5.46. The molecule has 0 unspecified atom stereocenters. The van der Waals surface area contributed by atoms with E-state index in [9.17, 15) is 5.11 Å². The molecule has 1 N–H and O–H groups in total. The van der Waals surface area contributed by atoms with Gasteiger partial charge in [0.2, 0.25) is 0 Å². The van der Waals surface area contributed by atoms with Gasteiger partial charge in [-0.25, -0.2) is 4.98 Å². The fourth-order valence-corrected chi connectivity index (χ4v) is 2.73. The highest BCUT2D eigenvalue weighted by molar-refractivity contribution is 7.09. The smallest absolute Gasteiger partial charge is 0.129 e. The van der Waals surface area contributed by atoms with Gasteiger partial charge in [-0.2, -0.15) is 0 Å². The number of nitrogens with zero attached hydrogens (tertiary/aromatic N) is 2. The monoisotopic (exact) mass is 276 g/mol. The highest BCUT2D eigenvalue weighted by atomic mass is 32.1. The Bertz CT molecular complexity index is 489. The van der Waals surface area contributed by atoms with E-state index >= 15 is 0 Å². The zero-order valence-electron chi connectivity index (χ0n) is 11.5. The zero-order valence-corrected chi connectivity index (χ0v) is 12.3. The van der Waals surface area contributed by atoms with Gasteiger partial charge < -0.3 is 10.0 Å². The number of aliphatic hydroxyl groups excluding tert-OH is 1. The average Bonchev–Trinajstić information content (AvgIpc) is 2.97. The Labute approximate surface area is 118 Å². The van der Waals surface area contributed by atoms with Crippen LogP contribution in [0.15, 0.2) is 29.6 Å². The van der Waals surface area contributed by atoms with Gasteiger partial charge in [-0.3, -0.25) is 0 Å². The second kappa shape index (κ2) is 6.68. The molecule has 19 heavy (non-hydrogen) atoms. The number of aromatic nitrogens is 1. The molecule has 0 fully saturated rings. The van der Waals surface area contributed by atoms with Crippen molar-refractivity contribution in [3.8, 4) is 0 Å². The lowest BCUT2D eigenvalue weighted by atomic mass is 10.2. The third-order valence-electron chi connectivity index (χ3n) is 3.10. The Kier molecular flexibility index (Phi) is 4.93. The van der Waals surface area contributed by atoms with Gasteiger partial charge in [-0.1, -0.05) is 13.0 Å². The Morgan fingerprint density at radius 1 is 1.32 bits per heavy atom. The number of thiophene rings is 1. The van der Waals surface area contributed by atoms with Crippen LogP contribution in [0.1, 0.15) is 30.0 Å². The van der Waals surface area contributed by atoms with Crippen LogP contribution in [0.5, 0.6) is 0 Å². The number of rotatable bonds is 6. The first-order chi connectivity index (χ1) is 9.26. The molecule has 0 aliphatic rings. The van der Waals surface area contributed by atoms with Crippen LogP contribution in [-0.2, 0) is 19.6 Å². The van der Waals surface area contributed by atoms with Gasteiger partial charge in [0.15, 0.2) is 0 Å². The molecule has 0 saturated heterocycles. The van der Waals surface area contributed by atoms with Crippen molar-refractivity contribution >= 4 is 17.2 Å². The minimum atomic E-state index is 0.0685. The van der Waals surface area contributed by atoms with Crippen LogP contribution in [-0.4, -0.2) is 16.6 Å². The predicted molar refractivity (Wildman–Crippen MR) is 80.6 cm³/mol. The quantitative estimate of drug-likeness (QED) is 0.880. The van der Waals surface area contributed by atoms with Crippen LogP contribution < -0.4 is 4.90 Å². The van der Waals surface area contributed by atoms with E-state index in [1.54, 1.807) is 11.3 Å². The molecule has 0 bridgehead atoms. The zero-order chi connectivity index (χ0) is 13.7. The van der Waals surface area contributed by atoms with Crippen molar-refractivity contribution in [3.63, 3.8) is 0 Å². The molecule has 2 aromatic heterocycles. The van der Waals surface area contributed by atoms with Crippen molar-refractivity contribution in [1.82, 2.24) is 4.98 Å². The number of hydrogen-bond donors (Lipinski definition) is 1. The average molecular weight is 276 g/mol. The second-order valence-electron chi connectivity index (χ2n) is 4.43. The Balaban J connectivity index is 2.26. The Morgan fingerprint density at radius 3 is 2.74 bits per heavy atom. The van der Waals surface area contributed by atoms with E-state index in [0.717, 1.165) is 36.6 Å². The molecule has 2 aromatic rings. The fraction of sp³-hybridized carbons (Fsp3) is 0.400. The van der Waals surface area contributed by atoms with Crippen LogP contribution in [0.25, 0.3) is 0 Å². The molecule has 4 heteroatoms. The predicted octanol–water partition coefficient (Wildman–Crippen LogP) is 3.22. The van der Waals surface area contributed by atoms with E-state index in [1.165, 1.54) is 4.88 Å². The highest BCUT2D eigenvalue weighted by Gasteiger charge is 2.10. The first-order valence-corrected chi connectivity index (χ1v) is 7.52. The van der Waals surface area contributed by atoms with Crippen LogP contribution in [0.2, 0.25) is 0 Å². The summed E-state index contributed by atoms with van der Waals surface area (Å²) in [6.07, 6.45) is 0.886. The van der Waals surface area contributed by atoms with Gasteiger partial charge in [0.25, 0.3) is 0 Å². The number of aliphatic hydroxyl groups is 1. The maximum Gasteiger partial charge on any atom is 0.129 e. The summed E-state index contributed by atoms with van der Waals surface area (Å²) in [6.45, 7) is 6.07. The molecule has 0 atom stereocenters. The normalized spacial score (nSPS) is 10.7. The van der Waals surface area contributed by atoms with E-state index in [1.807, 2.05) is 12.1 Å². The SMILES string of the molecule is CCc1cc(CO)cc(N(CC)Cc2cccs2)n1. The highest BCUT2D eigenvalue weighted by Crippen LogP contribution is 2.20. The van der Waals surface area contributed by atoms with Crippen LogP contribution in [0.3, 0.4) is 0 Å². The third-order valence-corrected chi connectivity index (χ3v) is 3.96. The number of hydrogen-bond acceptors (Lipinski definition) is 4. The van der Waals surface area contributed by atoms with Gasteiger partial charge in [0, 0.05) is 17.1 Å². The van der Waals surface area contributed by atoms with Crippen LogP contribution in [0, 0.1) is 0 Å². The van der Waals surface area contributed by atoms with E-state index < -0.39 is 0 Å². The number of aryl methyl sites for hydroxylation is 1. The van der Waals surface area contributed by atoms with Gasteiger partial charge in [0.05, 0.1) is 13.2 Å². The molecule has 102 valence electrons. The van der Waals surface area contributed by atoms with Gasteiger partial charge in [-0.15, -0.1) is 11.3 Å². The maximum atomic E-state index is 9.35. The number of pyridine rings is 1. The van der Waals surface area contributed by atoms with E-state index in [2.05, 4.69) is 41.2 Å². The van der Waals surface area contributed by atoms with Gasteiger partial charge in [0.1, 0.15) is 5.82 Å². The largest absolute Gasteiger partial charge is 0.392 e. The molecule has 0 aromatic carbocycles. The van der Waals surface area contributed by atoms with Gasteiger partial charge >= 0.3 is 0 Å². The summed E-state index contributed by atoms with van der Waals surface area (Å²) in [5, 5.41) is 11.4. The van der Waals surface area contributed by atoms with E-state index in [-0.39, 0.29) is 6.61 Å². The third kappa shape index (κ3) is 3.55. The molecular weight excluding hydrogens is 256 g/mol. The molecule has 0 radical (unpaired) electrons. The Hall–Kier alpha value is -1.39. The topological polar surface area (TPSA) is 36.4 Å². The van der Waals surface area contributed by atoms with Crippen LogP contribution in [0.4, 0.5) is 5.82 Å². The van der Waals surface area contributed by atoms with Crippen molar-refractivity contribution in [2.45, 2.75) is 33.4 Å². The summed E-state index contributed by atoms with van der Waals surface area (Å²) in [6, 6.07) is 8.17. The minimum absolute atomic E-state index is 0.0685. The standard InChI is InChI=1S/C15H20N2OS/c1-3-13-8-12(11-18)9-15(16-13)17(4-2)10-14-6-5-7-19-14/h5-9,18H,3-4,10-11H2,1-2H3. The lowest BCUT2D eigenvalue weighted by molar-refractivity contribution is 0.281. The van der Waals surface area contributed by atoms with Gasteiger partial charge in [-0.05, 0) is 42.5 Å². The summed E-state index contributed by atoms with van der Waals surface area (Å²) in [7, 11) is 0.